The number of nitrogens with one attached hydrogen (secondary N) is 2. The van der Waals surface area contributed by atoms with Gasteiger partial charge in [-0.1, -0.05) is 71.8 Å². The fourth-order valence-electron chi connectivity index (χ4n) is 2.60. The van der Waals surface area contributed by atoms with Gasteiger partial charge in [-0.3, -0.25) is 0 Å². The van der Waals surface area contributed by atoms with Crippen LogP contribution in [-0.2, 0) is 0 Å². The van der Waals surface area contributed by atoms with Crippen molar-refractivity contribution in [3.05, 3.63) is 101 Å². The summed E-state index contributed by atoms with van der Waals surface area (Å²) in [7, 11) is 0. The van der Waals surface area contributed by atoms with Crippen LogP contribution in [0, 0.1) is 6.92 Å². The van der Waals surface area contributed by atoms with Crippen molar-refractivity contribution in [2.75, 3.05) is 5.32 Å². The highest BCUT2D eigenvalue weighted by molar-refractivity contribution is 7.80. The first kappa shape index (κ1) is 17.5. The fraction of sp³-hybridized carbons (Fsp3) is 0.0952. The topological polar surface area (TPSA) is 24.1 Å². The third kappa shape index (κ3) is 4.81. The van der Waals surface area contributed by atoms with E-state index in [0.29, 0.717) is 10.1 Å². The van der Waals surface area contributed by atoms with Crippen molar-refractivity contribution in [3.63, 3.8) is 0 Å². The van der Waals surface area contributed by atoms with E-state index in [9.17, 15) is 0 Å². The lowest BCUT2D eigenvalue weighted by Gasteiger charge is -2.22. The fourth-order valence-corrected chi connectivity index (χ4v) is 2.96. The predicted molar refractivity (Wildman–Crippen MR) is 110 cm³/mol. The van der Waals surface area contributed by atoms with Gasteiger partial charge in [-0.15, -0.1) is 0 Å². The van der Waals surface area contributed by atoms with Gasteiger partial charge in [0.15, 0.2) is 5.11 Å². The van der Waals surface area contributed by atoms with Gasteiger partial charge in [0.1, 0.15) is 0 Å². The lowest BCUT2D eigenvalue weighted by molar-refractivity contribution is 0.768. The van der Waals surface area contributed by atoms with Gasteiger partial charge in [-0.05, 0) is 54.5 Å². The van der Waals surface area contributed by atoms with E-state index in [2.05, 4.69) is 54.0 Å². The van der Waals surface area contributed by atoms with Crippen LogP contribution in [0.25, 0.3) is 0 Å². The molecule has 3 rings (SSSR count). The molecule has 0 saturated heterocycles. The zero-order chi connectivity index (χ0) is 17.6. The number of rotatable bonds is 4. The summed E-state index contributed by atoms with van der Waals surface area (Å²) in [6.45, 7) is 2.08. The third-order valence-corrected chi connectivity index (χ3v) is 4.39. The molecule has 1 unspecified atom stereocenters. The van der Waals surface area contributed by atoms with Gasteiger partial charge in [0.25, 0.3) is 0 Å². The Kier molecular flexibility index (Phi) is 5.69. The van der Waals surface area contributed by atoms with Crippen molar-refractivity contribution in [1.29, 1.82) is 0 Å². The van der Waals surface area contributed by atoms with E-state index in [1.54, 1.807) is 0 Å². The minimum Gasteiger partial charge on any atom is -0.352 e. The van der Waals surface area contributed by atoms with Crippen LogP contribution in [0.15, 0.2) is 78.9 Å². The van der Waals surface area contributed by atoms with E-state index in [1.165, 1.54) is 5.56 Å². The number of halogens is 1. The highest BCUT2D eigenvalue weighted by atomic mass is 35.5. The molecule has 4 heteroatoms. The number of benzene rings is 3. The van der Waals surface area contributed by atoms with Gasteiger partial charge in [0.2, 0.25) is 0 Å². The molecule has 126 valence electrons. The van der Waals surface area contributed by atoms with E-state index >= 15 is 0 Å². The van der Waals surface area contributed by atoms with Gasteiger partial charge < -0.3 is 10.6 Å². The van der Waals surface area contributed by atoms with E-state index < -0.39 is 0 Å². The van der Waals surface area contributed by atoms with Crippen LogP contribution < -0.4 is 10.6 Å². The molecule has 0 fully saturated rings. The number of hydrogen-bond acceptors (Lipinski definition) is 1. The van der Waals surface area contributed by atoms with Crippen LogP contribution in [0.3, 0.4) is 0 Å². The Morgan fingerprint density at radius 2 is 1.44 bits per heavy atom. The number of aryl methyl sites for hydroxylation is 1. The third-order valence-electron chi connectivity index (χ3n) is 3.92. The summed E-state index contributed by atoms with van der Waals surface area (Å²) in [5, 5.41) is 7.90. The summed E-state index contributed by atoms with van der Waals surface area (Å²) >= 11 is 11.4. The van der Waals surface area contributed by atoms with Crippen LogP contribution in [0.2, 0.25) is 5.02 Å². The second-order valence-corrected chi connectivity index (χ2v) is 6.70. The minimum atomic E-state index is -0.0194. The van der Waals surface area contributed by atoms with Gasteiger partial charge in [0.05, 0.1) is 6.04 Å². The molecule has 0 aliphatic heterocycles. The average molecular weight is 367 g/mol. The summed E-state index contributed by atoms with van der Waals surface area (Å²) in [6.07, 6.45) is 0. The van der Waals surface area contributed by atoms with Crippen molar-refractivity contribution in [1.82, 2.24) is 5.32 Å². The molecular weight excluding hydrogens is 348 g/mol. The van der Waals surface area contributed by atoms with E-state index in [-0.39, 0.29) is 6.04 Å². The zero-order valence-electron chi connectivity index (χ0n) is 13.9. The summed E-state index contributed by atoms with van der Waals surface area (Å²) in [5.74, 6) is 0. The molecule has 0 amide bonds. The molecule has 3 aromatic carbocycles. The Bertz CT molecular complexity index is 830. The summed E-state index contributed by atoms with van der Waals surface area (Å²) < 4.78 is 0. The molecule has 2 N–H and O–H groups in total. The summed E-state index contributed by atoms with van der Waals surface area (Å²) in [6, 6.07) is 26.2. The highest BCUT2D eigenvalue weighted by Gasteiger charge is 2.15. The van der Waals surface area contributed by atoms with Crippen LogP contribution >= 0.6 is 23.8 Å². The number of thiocarbonyl (C=S) groups is 1. The SMILES string of the molecule is Cc1ccc(C(NC(=S)Nc2ccc(Cl)cc2)c2ccccc2)cc1. The first-order valence-corrected chi connectivity index (χ1v) is 8.85. The van der Waals surface area contributed by atoms with Crippen LogP contribution in [0.1, 0.15) is 22.7 Å². The first-order chi connectivity index (χ1) is 12.1. The Hall–Kier alpha value is -2.36. The van der Waals surface area contributed by atoms with Crippen molar-refractivity contribution < 1.29 is 0 Å². The number of hydrogen-bond donors (Lipinski definition) is 2. The van der Waals surface area contributed by atoms with Crippen LogP contribution in [0.5, 0.6) is 0 Å². The summed E-state index contributed by atoms with van der Waals surface area (Å²) in [5.41, 5.74) is 4.46. The zero-order valence-corrected chi connectivity index (χ0v) is 15.4. The molecule has 25 heavy (non-hydrogen) atoms. The molecule has 0 saturated carbocycles. The molecule has 3 aromatic rings. The van der Waals surface area contributed by atoms with Gasteiger partial charge >= 0.3 is 0 Å². The number of anilines is 1. The molecule has 0 radical (unpaired) electrons. The monoisotopic (exact) mass is 366 g/mol. The molecule has 2 nitrogen and oxygen atoms in total. The second kappa shape index (κ2) is 8.15. The molecule has 0 heterocycles. The molecule has 0 aromatic heterocycles. The normalized spacial score (nSPS) is 11.6. The standard InChI is InChI=1S/C21H19ClN2S/c1-15-7-9-17(10-8-15)20(16-5-3-2-4-6-16)24-21(25)23-19-13-11-18(22)12-14-19/h2-14,20H,1H3,(H2,23,24,25). The molecule has 0 aliphatic carbocycles. The maximum Gasteiger partial charge on any atom is 0.171 e. The summed E-state index contributed by atoms with van der Waals surface area (Å²) in [4.78, 5) is 0. The van der Waals surface area contributed by atoms with E-state index in [4.69, 9.17) is 23.8 Å². The molecule has 0 aliphatic rings. The van der Waals surface area contributed by atoms with Gasteiger partial charge in [-0.2, -0.15) is 0 Å². The minimum absolute atomic E-state index is 0.0194. The molecular formula is C21H19ClN2S. The molecule has 0 spiro atoms. The van der Waals surface area contributed by atoms with E-state index in [0.717, 1.165) is 16.8 Å². The first-order valence-electron chi connectivity index (χ1n) is 8.06. The maximum absolute atomic E-state index is 5.93. The Labute approximate surface area is 158 Å². The Morgan fingerprint density at radius 1 is 0.840 bits per heavy atom. The highest BCUT2D eigenvalue weighted by Crippen LogP contribution is 2.23. The Morgan fingerprint density at radius 3 is 2.08 bits per heavy atom. The van der Waals surface area contributed by atoms with E-state index in [1.807, 2.05) is 42.5 Å². The van der Waals surface area contributed by atoms with Crippen molar-refractivity contribution in [3.8, 4) is 0 Å². The second-order valence-electron chi connectivity index (χ2n) is 5.86. The van der Waals surface area contributed by atoms with Gasteiger partial charge in [-0.25, -0.2) is 0 Å². The maximum atomic E-state index is 5.93. The van der Waals surface area contributed by atoms with Crippen molar-refractivity contribution in [2.45, 2.75) is 13.0 Å². The lowest BCUT2D eigenvalue weighted by Crippen LogP contribution is -2.33. The van der Waals surface area contributed by atoms with Crippen molar-refractivity contribution >= 4 is 34.6 Å². The Balaban J connectivity index is 1.81. The average Bonchev–Trinajstić information content (AvgIpc) is 2.63. The van der Waals surface area contributed by atoms with Crippen molar-refractivity contribution in [2.24, 2.45) is 0 Å². The van der Waals surface area contributed by atoms with Gasteiger partial charge in [0, 0.05) is 10.7 Å². The lowest BCUT2D eigenvalue weighted by atomic mass is 9.98. The molecule has 0 bridgehead atoms. The largest absolute Gasteiger partial charge is 0.352 e. The molecule has 1 atom stereocenters. The quantitative estimate of drug-likeness (QED) is 0.577. The van der Waals surface area contributed by atoms with Crippen LogP contribution in [0.4, 0.5) is 5.69 Å². The predicted octanol–water partition coefficient (Wildman–Crippen LogP) is 5.72. The van der Waals surface area contributed by atoms with Crippen LogP contribution in [-0.4, -0.2) is 5.11 Å². The smallest absolute Gasteiger partial charge is 0.171 e.